The lowest BCUT2D eigenvalue weighted by Crippen LogP contribution is -2.39. The first kappa shape index (κ1) is 8.63. The molecule has 1 nitrogen and oxygen atoms in total. The van der Waals surface area contributed by atoms with E-state index < -0.39 is 6.43 Å². The minimum absolute atomic E-state index is 0.107. The number of alkyl halides is 2. The maximum Gasteiger partial charge on any atom is 0.263 e. The molecule has 0 spiro atoms. The molecular formula is C10H11F2N. The molecule has 70 valence electrons. The van der Waals surface area contributed by atoms with Crippen LogP contribution in [-0.4, -0.2) is 13.1 Å². The van der Waals surface area contributed by atoms with Gasteiger partial charge in [0.05, 0.1) is 0 Å². The molecule has 1 heterocycles. The van der Waals surface area contributed by atoms with Crippen LogP contribution in [0.25, 0.3) is 0 Å². The normalized spacial score (nSPS) is 17.5. The molecule has 13 heavy (non-hydrogen) atoms. The summed E-state index contributed by atoms with van der Waals surface area (Å²) in [4.78, 5) is 0. The average molecular weight is 183 g/mol. The number of benzene rings is 1. The molecule has 0 radical (unpaired) electrons. The van der Waals surface area contributed by atoms with Crippen LogP contribution < -0.4 is 5.32 Å². The SMILES string of the molecule is FC(F)c1ccc(C2CNC2)cc1. The van der Waals surface area contributed by atoms with Gasteiger partial charge in [0.2, 0.25) is 0 Å². The molecule has 1 aliphatic heterocycles. The van der Waals surface area contributed by atoms with E-state index in [1.54, 1.807) is 12.1 Å². The predicted molar refractivity (Wildman–Crippen MR) is 47.0 cm³/mol. The fraction of sp³-hybridized carbons (Fsp3) is 0.400. The third-order valence-electron chi connectivity index (χ3n) is 2.44. The lowest BCUT2D eigenvalue weighted by Gasteiger charge is -2.27. The van der Waals surface area contributed by atoms with E-state index in [1.807, 2.05) is 0 Å². The molecule has 0 atom stereocenters. The van der Waals surface area contributed by atoms with Crippen LogP contribution in [-0.2, 0) is 0 Å². The van der Waals surface area contributed by atoms with Gasteiger partial charge in [-0.15, -0.1) is 0 Å². The van der Waals surface area contributed by atoms with Crippen molar-refractivity contribution in [3.05, 3.63) is 35.4 Å². The standard InChI is InChI=1S/C10H11F2N/c11-10(12)8-3-1-7(2-4-8)9-5-13-6-9/h1-4,9-10,13H,5-6H2. The predicted octanol–water partition coefficient (Wildman–Crippen LogP) is 2.31. The van der Waals surface area contributed by atoms with Gasteiger partial charge in [0.15, 0.2) is 0 Å². The molecule has 0 saturated carbocycles. The molecule has 0 bridgehead atoms. The molecule has 1 N–H and O–H groups in total. The Morgan fingerprint density at radius 2 is 1.77 bits per heavy atom. The molecule has 0 aliphatic carbocycles. The van der Waals surface area contributed by atoms with Crippen LogP contribution in [0.5, 0.6) is 0 Å². The number of nitrogens with one attached hydrogen (secondary N) is 1. The van der Waals surface area contributed by atoms with Gasteiger partial charge in [-0.25, -0.2) is 8.78 Å². The maximum atomic E-state index is 12.2. The van der Waals surface area contributed by atoms with Crippen molar-refractivity contribution in [3.63, 3.8) is 0 Å². The highest BCUT2D eigenvalue weighted by molar-refractivity contribution is 5.27. The molecule has 3 heteroatoms. The summed E-state index contributed by atoms with van der Waals surface area (Å²) >= 11 is 0. The van der Waals surface area contributed by atoms with Crippen LogP contribution >= 0.6 is 0 Å². The van der Waals surface area contributed by atoms with Crippen molar-refractivity contribution in [1.82, 2.24) is 5.32 Å². The largest absolute Gasteiger partial charge is 0.315 e. The van der Waals surface area contributed by atoms with Gasteiger partial charge in [-0.2, -0.15) is 0 Å². The van der Waals surface area contributed by atoms with Crippen molar-refractivity contribution in [2.75, 3.05) is 13.1 Å². The van der Waals surface area contributed by atoms with Crippen LogP contribution in [0.3, 0.4) is 0 Å². The van der Waals surface area contributed by atoms with Gasteiger partial charge in [-0.3, -0.25) is 0 Å². The number of hydrogen-bond donors (Lipinski definition) is 1. The van der Waals surface area contributed by atoms with E-state index in [1.165, 1.54) is 12.1 Å². The molecule has 1 aromatic rings. The van der Waals surface area contributed by atoms with Crippen molar-refractivity contribution in [3.8, 4) is 0 Å². The van der Waals surface area contributed by atoms with E-state index in [4.69, 9.17) is 0 Å². The van der Waals surface area contributed by atoms with Crippen LogP contribution in [0.1, 0.15) is 23.5 Å². The first-order chi connectivity index (χ1) is 6.27. The van der Waals surface area contributed by atoms with Gasteiger partial charge < -0.3 is 5.32 Å². The second-order valence-corrected chi connectivity index (χ2v) is 3.32. The van der Waals surface area contributed by atoms with Crippen LogP contribution in [0, 0.1) is 0 Å². The van der Waals surface area contributed by atoms with Crippen molar-refractivity contribution in [2.24, 2.45) is 0 Å². The summed E-state index contributed by atoms with van der Waals surface area (Å²) in [7, 11) is 0. The lowest BCUT2D eigenvalue weighted by atomic mass is 9.93. The van der Waals surface area contributed by atoms with Crippen molar-refractivity contribution in [1.29, 1.82) is 0 Å². The summed E-state index contributed by atoms with van der Waals surface area (Å²) < 4.78 is 24.4. The molecular weight excluding hydrogens is 172 g/mol. The van der Waals surface area contributed by atoms with Crippen molar-refractivity contribution >= 4 is 0 Å². The summed E-state index contributed by atoms with van der Waals surface area (Å²) in [6, 6.07) is 6.62. The van der Waals surface area contributed by atoms with Crippen molar-refractivity contribution < 1.29 is 8.78 Å². The average Bonchev–Trinajstić information content (AvgIpc) is 2.02. The molecule has 0 amide bonds. The molecule has 1 aliphatic rings. The highest BCUT2D eigenvalue weighted by Crippen LogP contribution is 2.23. The van der Waals surface area contributed by atoms with Gasteiger partial charge in [0.1, 0.15) is 0 Å². The van der Waals surface area contributed by atoms with Crippen LogP contribution in [0.2, 0.25) is 0 Å². The second kappa shape index (κ2) is 3.42. The zero-order valence-electron chi connectivity index (χ0n) is 7.13. The fourth-order valence-electron chi connectivity index (χ4n) is 1.44. The fourth-order valence-corrected chi connectivity index (χ4v) is 1.44. The Morgan fingerprint density at radius 3 is 2.15 bits per heavy atom. The summed E-state index contributed by atoms with van der Waals surface area (Å²) in [5.74, 6) is 0.520. The molecule has 1 aromatic carbocycles. The van der Waals surface area contributed by atoms with Gasteiger partial charge in [0, 0.05) is 24.6 Å². The molecule has 2 rings (SSSR count). The third-order valence-corrected chi connectivity index (χ3v) is 2.44. The summed E-state index contributed by atoms with van der Waals surface area (Å²) in [5, 5.41) is 3.15. The summed E-state index contributed by atoms with van der Waals surface area (Å²) in [6.45, 7) is 1.93. The Labute approximate surface area is 75.8 Å². The minimum Gasteiger partial charge on any atom is -0.315 e. The lowest BCUT2D eigenvalue weighted by molar-refractivity contribution is 0.151. The van der Waals surface area contributed by atoms with Gasteiger partial charge in [-0.1, -0.05) is 24.3 Å². The molecule has 1 saturated heterocycles. The van der Waals surface area contributed by atoms with Crippen LogP contribution in [0.15, 0.2) is 24.3 Å². The Morgan fingerprint density at radius 1 is 1.15 bits per heavy atom. The number of rotatable bonds is 2. The van der Waals surface area contributed by atoms with Gasteiger partial charge in [0.25, 0.3) is 6.43 Å². The van der Waals surface area contributed by atoms with Crippen molar-refractivity contribution in [2.45, 2.75) is 12.3 Å². The quantitative estimate of drug-likeness (QED) is 0.741. The first-order valence-electron chi connectivity index (χ1n) is 4.36. The van der Waals surface area contributed by atoms with Crippen LogP contribution in [0.4, 0.5) is 8.78 Å². The highest BCUT2D eigenvalue weighted by atomic mass is 19.3. The Balaban J connectivity index is 2.13. The molecule has 1 fully saturated rings. The monoisotopic (exact) mass is 183 g/mol. The molecule has 0 aromatic heterocycles. The maximum absolute atomic E-state index is 12.2. The Bertz CT molecular complexity index is 277. The zero-order valence-corrected chi connectivity index (χ0v) is 7.13. The van der Waals surface area contributed by atoms with E-state index in [2.05, 4.69) is 5.32 Å². The van der Waals surface area contributed by atoms with E-state index in [9.17, 15) is 8.78 Å². The number of halogens is 2. The molecule has 0 unspecified atom stereocenters. The zero-order chi connectivity index (χ0) is 9.26. The Kier molecular flexibility index (Phi) is 2.27. The van der Waals surface area contributed by atoms with E-state index in [-0.39, 0.29) is 5.56 Å². The van der Waals surface area contributed by atoms with Gasteiger partial charge >= 0.3 is 0 Å². The summed E-state index contributed by atoms with van der Waals surface area (Å²) in [6.07, 6.45) is -2.35. The van der Waals surface area contributed by atoms with Gasteiger partial charge in [-0.05, 0) is 5.56 Å². The third kappa shape index (κ3) is 1.70. The van der Waals surface area contributed by atoms with E-state index >= 15 is 0 Å². The van der Waals surface area contributed by atoms with E-state index in [0.717, 1.165) is 18.7 Å². The summed E-state index contributed by atoms with van der Waals surface area (Å²) in [5.41, 5.74) is 1.26. The number of hydrogen-bond acceptors (Lipinski definition) is 1. The van der Waals surface area contributed by atoms with E-state index in [0.29, 0.717) is 5.92 Å². The smallest absolute Gasteiger partial charge is 0.263 e. The topological polar surface area (TPSA) is 12.0 Å². The first-order valence-corrected chi connectivity index (χ1v) is 4.36. The minimum atomic E-state index is -2.35. The highest BCUT2D eigenvalue weighted by Gasteiger charge is 2.18. The second-order valence-electron chi connectivity index (χ2n) is 3.32. The Hall–Kier alpha value is -0.960.